The lowest BCUT2D eigenvalue weighted by Gasteiger charge is -1.96. The number of nitrogens with two attached hydrogens (primary N) is 1. The van der Waals surface area contributed by atoms with E-state index in [2.05, 4.69) is 29.2 Å². The summed E-state index contributed by atoms with van der Waals surface area (Å²) in [7, 11) is 0. The first-order chi connectivity index (χ1) is 9.29. The Bertz CT molecular complexity index is 508. The predicted molar refractivity (Wildman–Crippen MR) is 75.7 cm³/mol. The molecular weight excluding hydrogens is 238 g/mol. The van der Waals surface area contributed by atoms with E-state index in [1.807, 2.05) is 12.1 Å². The standard InChI is InChI=1S/C15H21N3O/c1-12-7-6-8-13(11-12)15-17-14(19-18-15)9-4-2-3-5-10-16/h6-8,11H,2-5,9-10,16H2,1H3. The highest BCUT2D eigenvalue weighted by molar-refractivity contribution is 5.55. The molecule has 19 heavy (non-hydrogen) atoms. The van der Waals surface area contributed by atoms with Gasteiger partial charge in [0, 0.05) is 12.0 Å². The average Bonchev–Trinajstić information content (AvgIpc) is 2.87. The van der Waals surface area contributed by atoms with Crippen LogP contribution in [0.3, 0.4) is 0 Å². The van der Waals surface area contributed by atoms with E-state index in [0.29, 0.717) is 5.82 Å². The van der Waals surface area contributed by atoms with Gasteiger partial charge in [-0.3, -0.25) is 0 Å². The molecule has 0 amide bonds. The molecule has 1 aromatic heterocycles. The quantitative estimate of drug-likeness (QED) is 0.776. The number of unbranched alkanes of at least 4 members (excludes halogenated alkanes) is 3. The van der Waals surface area contributed by atoms with Gasteiger partial charge in [0.15, 0.2) is 0 Å². The summed E-state index contributed by atoms with van der Waals surface area (Å²) in [4.78, 5) is 4.44. The number of hydrogen-bond acceptors (Lipinski definition) is 4. The topological polar surface area (TPSA) is 64.9 Å². The predicted octanol–water partition coefficient (Wildman–Crippen LogP) is 3.11. The molecular formula is C15H21N3O. The van der Waals surface area contributed by atoms with Crippen LogP contribution >= 0.6 is 0 Å². The highest BCUT2D eigenvalue weighted by Gasteiger charge is 2.08. The van der Waals surface area contributed by atoms with Crippen LogP contribution in [0.1, 0.15) is 37.1 Å². The first kappa shape index (κ1) is 13.7. The van der Waals surface area contributed by atoms with Crippen LogP contribution < -0.4 is 5.73 Å². The second-order valence-electron chi connectivity index (χ2n) is 4.83. The number of nitrogens with zero attached hydrogens (tertiary/aromatic N) is 2. The number of benzene rings is 1. The molecule has 0 spiro atoms. The molecule has 0 saturated heterocycles. The lowest BCUT2D eigenvalue weighted by Crippen LogP contribution is -1.97. The Balaban J connectivity index is 1.88. The van der Waals surface area contributed by atoms with E-state index in [1.165, 1.54) is 18.4 Å². The van der Waals surface area contributed by atoms with Crippen molar-refractivity contribution in [2.75, 3.05) is 6.54 Å². The number of aromatic nitrogens is 2. The molecule has 4 nitrogen and oxygen atoms in total. The van der Waals surface area contributed by atoms with Crippen molar-refractivity contribution in [2.24, 2.45) is 5.73 Å². The summed E-state index contributed by atoms with van der Waals surface area (Å²) in [5.74, 6) is 1.41. The summed E-state index contributed by atoms with van der Waals surface area (Å²) in [6.07, 6.45) is 5.37. The van der Waals surface area contributed by atoms with Gasteiger partial charge in [-0.1, -0.05) is 41.8 Å². The third-order valence-corrected chi connectivity index (χ3v) is 3.09. The van der Waals surface area contributed by atoms with Crippen LogP contribution in [0.2, 0.25) is 0 Å². The van der Waals surface area contributed by atoms with Crippen LogP contribution in [0, 0.1) is 6.92 Å². The van der Waals surface area contributed by atoms with Crippen LogP contribution in [-0.4, -0.2) is 16.7 Å². The highest BCUT2D eigenvalue weighted by atomic mass is 16.5. The molecule has 0 aliphatic rings. The third kappa shape index (κ3) is 4.17. The molecule has 0 fully saturated rings. The Morgan fingerprint density at radius 3 is 2.79 bits per heavy atom. The van der Waals surface area contributed by atoms with Crippen LogP contribution in [0.5, 0.6) is 0 Å². The van der Waals surface area contributed by atoms with Crippen molar-refractivity contribution >= 4 is 0 Å². The zero-order valence-electron chi connectivity index (χ0n) is 11.4. The summed E-state index contributed by atoms with van der Waals surface area (Å²) in [6, 6.07) is 8.13. The van der Waals surface area contributed by atoms with E-state index in [0.717, 1.165) is 37.3 Å². The second-order valence-corrected chi connectivity index (χ2v) is 4.83. The fraction of sp³-hybridized carbons (Fsp3) is 0.467. The van der Waals surface area contributed by atoms with E-state index < -0.39 is 0 Å². The van der Waals surface area contributed by atoms with Crippen LogP contribution in [0.25, 0.3) is 11.4 Å². The zero-order chi connectivity index (χ0) is 13.5. The maximum atomic E-state index is 5.46. The van der Waals surface area contributed by atoms with Gasteiger partial charge in [0.25, 0.3) is 0 Å². The largest absolute Gasteiger partial charge is 0.339 e. The van der Waals surface area contributed by atoms with Gasteiger partial charge in [-0.15, -0.1) is 0 Å². The maximum Gasteiger partial charge on any atom is 0.226 e. The summed E-state index contributed by atoms with van der Waals surface area (Å²) in [5, 5.41) is 4.04. The zero-order valence-corrected chi connectivity index (χ0v) is 11.4. The molecule has 0 unspecified atom stereocenters. The SMILES string of the molecule is Cc1cccc(-c2noc(CCCCCCN)n2)c1. The fourth-order valence-electron chi connectivity index (χ4n) is 2.03. The molecule has 2 N–H and O–H groups in total. The molecule has 4 heteroatoms. The van der Waals surface area contributed by atoms with E-state index >= 15 is 0 Å². The Morgan fingerprint density at radius 1 is 1.16 bits per heavy atom. The Kier molecular flexibility index (Phi) is 5.10. The smallest absolute Gasteiger partial charge is 0.226 e. The molecule has 2 aromatic rings. The van der Waals surface area contributed by atoms with Gasteiger partial charge in [-0.2, -0.15) is 4.98 Å². The molecule has 2 rings (SSSR count). The molecule has 0 aliphatic heterocycles. The first-order valence-corrected chi connectivity index (χ1v) is 6.89. The minimum Gasteiger partial charge on any atom is -0.339 e. The number of aryl methyl sites for hydroxylation is 2. The Hall–Kier alpha value is -1.68. The lowest BCUT2D eigenvalue weighted by atomic mass is 10.1. The molecule has 0 radical (unpaired) electrons. The van der Waals surface area contributed by atoms with Gasteiger partial charge >= 0.3 is 0 Å². The highest BCUT2D eigenvalue weighted by Crippen LogP contribution is 2.17. The van der Waals surface area contributed by atoms with Gasteiger partial charge in [0.05, 0.1) is 0 Å². The van der Waals surface area contributed by atoms with Crippen molar-refractivity contribution in [3.63, 3.8) is 0 Å². The molecule has 1 heterocycles. The summed E-state index contributed by atoms with van der Waals surface area (Å²) >= 11 is 0. The van der Waals surface area contributed by atoms with E-state index in [4.69, 9.17) is 10.3 Å². The van der Waals surface area contributed by atoms with Crippen molar-refractivity contribution in [1.82, 2.24) is 10.1 Å². The van der Waals surface area contributed by atoms with Gasteiger partial charge in [0.2, 0.25) is 11.7 Å². The van der Waals surface area contributed by atoms with Crippen molar-refractivity contribution in [3.8, 4) is 11.4 Å². The van der Waals surface area contributed by atoms with E-state index in [1.54, 1.807) is 0 Å². The fourth-order valence-corrected chi connectivity index (χ4v) is 2.03. The molecule has 102 valence electrons. The van der Waals surface area contributed by atoms with Crippen LogP contribution in [0.15, 0.2) is 28.8 Å². The van der Waals surface area contributed by atoms with Crippen molar-refractivity contribution in [1.29, 1.82) is 0 Å². The molecule has 0 bridgehead atoms. The van der Waals surface area contributed by atoms with Gasteiger partial charge in [-0.25, -0.2) is 0 Å². The normalized spacial score (nSPS) is 10.8. The van der Waals surface area contributed by atoms with Gasteiger partial charge in [-0.05, 0) is 32.4 Å². The number of rotatable bonds is 7. The first-order valence-electron chi connectivity index (χ1n) is 6.89. The summed E-state index contributed by atoms with van der Waals surface area (Å²) in [6.45, 7) is 2.83. The van der Waals surface area contributed by atoms with E-state index in [9.17, 15) is 0 Å². The summed E-state index contributed by atoms with van der Waals surface area (Å²) in [5.41, 5.74) is 7.67. The van der Waals surface area contributed by atoms with Crippen molar-refractivity contribution < 1.29 is 4.52 Å². The summed E-state index contributed by atoms with van der Waals surface area (Å²) < 4.78 is 5.28. The lowest BCUT2D eigenvalue weighted by molar-refractivity contribution is 0.374. The number of hydrogen-bond donors (Lipinski definition) is 1. The van der Waals surface area contributed by atoms with Crippen molar-refractivity contribution in [3.05, 3.63) is 35.7 Å². The average molecular weight is 259 g/mol. The van der Waals surface area contributed by atoms with Crippen molar-refractivity contribution in [2.45, 2.75) is 39.0 Å². The maximum absolute atomic E-state index is 5.46. The van der Waals surface area contributed by atoms with Gasteiger partial charge < -0.3 is 10.3 Å². The minimum absolute atomic E-state index is 0.681. The molecule has 0 saturated carbocycles. The van der Waals surface area contributed by atoms with Crippen LogP contribution in [-0.2, 0) is 6.42 Å². The molecule has 0 atom stereocenters. The monoisotopic (exact) mass is 259 g/mol. The van der Waals surface area contributed by atoms with Gasteiger partial charge in [0.1, 0.15) is 0 Å². The Labute approximate surface area is 114 Å². The van der Waals surface area contributed by atoms with E-state index in [-0.39, 0.29) is 0 Å². The Morgan fingerprint density at radius 2 is 2.00 bits per heavy atom. The third-order valence-electron chi connectivity index (χ3n) is 3.09. The van der Waals surface area contributed by atoms with Crippen LogP contribution in [0.4, 0.5) is 0 Å². The molecule has 1 aromatic carbocycles. The minimum atomic E-state index is 0.681. The second kappa shape index (κ2) is 7.04. The molecule has 0 aliphatic carbocycles.